The number of hydrogen-bond donors (Lipinski definition) is 0. The maximum Gasteiger partial charge on any atom is 0.0102 e. The van der Waals surface area contributed by atoms with Gasteiger partial charge in [0.05, 0.1) is 0 Å². The van der Waals surface area contributed by atoms with Gasteiger partial charge in [-0.25, -0.2) is 0 Å². The number of benzene rings is 2. The van der Waals surface area contributed by atoms with Gasteiger partial charge in [-0.1, -0.05) is 36.4 Å². The Kier molecular flexibility index (Phi) is 3.56. The molecule has 20 heavy (non-hydrogen) atoms. The fraction of sp³-hybridized carbons (Fsp3) is 0.105. The molecule has 0 radical (unpaired) electrons. The minimum absolute atomic E-state index is 0. The molecule has 0 aromatic heterocycles. The van der Waals surface area contributed by atoms with E-state index in [1.807, 2.05) is 0 Å². The van der Waals surface area contributed by atoms with Gasteiger partial charge in [-0.05, 0) is 23.6 Å². The van der Waals surface area contributed by atoms with Crippen molar-refractivity contribution in [1.29, 1.82) is 0 Å². The van der Waals surface area contributed by atoms with Crippen LogP contribution in [0.25, 0.3) is 16.8 Å². The van der Waals surface area contributed by atoms with Crippen LogP contribution in [0.5, 0.6) is 0 Å². The van der Waals surface area contributed by atoms with Crippen molar-refractivity contribution in [2.45, 2.75) is 12.8 Å². The number of aryl methyl sites for hydroxylation is 1. The van der Waals surface area contributed by atoms with Crippen molar-refractivity contribution in [3.8, 4) is 0 Å². The number of allylic oxidation sites excluding steroid dienone is 1. The van der Waals surface area contributed by atoms with Gasteiger partial charge in [-0.3, -0.25) is 0 Å². The molecule has 1 unspecified atom stereocenters. The Morgan fingerprint density at radius 1 is 1.00 bits per heavy atom. The van der Waals surface area contributed by atoms with Crippen molar-refractivity contribution in [3.05, 3.63) is 82.9 Å². The van der Waals surface area contributed by atoms with Crippen LogP contribution in [0.1, 0.15) is 28.2 Å². The Morgan fingerprint density at radius 2 is 1.85 bits per heavy atom. The minimum atomic E-state index is 0. The van der Waals surface area contributed by atoms with E-state index >= 15 is 0 Å². The van der Waals surface area contributed by atoms with Gasteiger partial charge in [-0.15, -0.1) is 40.6 Å². The second-order valence-electron chi connectivity index (χ2n) is 5.33. The topological polar surface area (TPSA) is 0 Å². The van der Waals surface area contributed by atoms with E-state index in [1.165, 1.54) is 33.0 Å². The number of fused-ring (bicyclic) bond motifs is 2. The molecule has 0 fully saturated rings. The summed E-state index contributed by atoms with van der Waals surface area (Å²) in [6.45, 7) is 2.19. The monoisotopic (exact) mass is 333 g/mol. The Balaban J connectivity index is 0.00000121. The summed E-state index contributed by atoms with van der Waals surface area (Å²) in [5, 5.41) is 2.68. The molecule has 0 spiro atoms. The Hall–Kier alpha value is -1.33. The maximum atomic E-state index is 2.33. The average Bonchev–Trinajstić information content (AvgIpc) is 3.02. The van der Waals surface area contributed by atoms with Crippen LogP contribution < -0.4 is 0 Å². The zero-order chi connectivity index (χ0) is 12.8. The van der Waals surface area contributed by atoms with Crippen LogP contribution in [0, 0.1) is 6.92 Å². The second kappa shape index (κ2) is 5.22. The summed E-state index contributed by atoms with van der Waals surface area (Å²) in [6, 6.07) is 19.8. The van der Waals surface area contributed by atoms with Gasteiger partial charge in [0, 0.05) is 32.1 Å². The third kappa shape index (κ3) is 2.05. The van der Waals surface area contributed by atoms with Crippen molar-refractivity contribution >= 4 is 16.8 Å². The maximum absolute atomic E-state index is 2.33. The minimum Gasteiger partial charge on any atom is -0.164 e. The summed E-state index contributed by atoms with van der Waals surface area (Å²) in [6.07, 6.45) is 4.60. The molecule has 96 valence electrons. The average molecular weight is 335 g/mol. The van der Waals surface area contributed by atoms with E-state index in [1.54, 1.807) is 0 Å². The molecule has 3 aromatic carbocycles. The summed E-state index contributed by atoms with van der Waals surface area (Å²) in [5.41, 5.74) is 5.61. The van der Waals surface area contributed by atoms with Crippen molar-refractivity contribution < 1.29 is 26.2 Å². The molecule has 0 heterocycles. The van der Waals surface area contributed by atoms with Crippen LogP contribution in [-0.2, 0) is 26.2 Å². The molecule has 0 saturated carbocycles. The van der Waals surface area contributed by atoms with Crippen molar-refractivity contribution in [1.82, 2.24) is 0 Å². The summed E-state index contributed by atoms with van der Waals surface area (Å²) in [7, 11) is 0. The largest absolute Gasteiger partial charge is 0.164 e. The summed E-state index contributed by atoms with van der Waals surface area (Å²) in [5.74, 6) is 0.419. The van der Waals surface area contributed by atoms with E-state index in [2.05, 4.69) is 73.7 Å². The summed E-state index contributed by atoms with van der Waals surface area (Å²) in [4.78, 5) is 0. The van der Waals surface area contributed by atoms with Crippen LogP contribution in [0.2, 0.25) is 0 Å². The molecule has 4 rings (SSSR count). The molecule has 1 aliphatic carbocycles. The van der Waals surface area contributed by atoms with Gasteiger partial charge in [0.2, 0.25) is 0 Å². The van der Waals surface area contributed by atoms with Crippen LogP contribution >= 0.6 is 0 Å². The molecule has 1 aliphatic rings. The van der Waals surface area contributed by atoms with Crippen LogP contribution in [0.3, 0.4) is 0 Å². The Labute approximate surface area is 138 Å². The van der Waals surface area contributed by atoms with Gasteiger partial charge >= 0.3 is 0 Å². The van der Waals surface area contributed by atoms with Gasteiger partial charge in [0.1, 0.15) is 0 Å². The molecule has 3 aromatic rings. The quantitative estimate of drug-likeness (QED) is 0.548. The normalized spacial score (nSPS) is 16.1. The van der Waals surface area contributed by atoms with E-state index in [-0.39, 0.29) is 26.2 Å². The SMILES string of the molecule is Cc1cccc2c1C=CC2c1cc2ccccc2[cH-]1.[Zr]. The number of rotatable bonds is 1. The summed E-state index contributed by atoms with van der Waals surface area (Å²) >= 11 is 0. The van der Waals surface area contributed by atoms with Crippen LogP contribution in [0.4, 0.5) is 0 Å². The molecule has 0 aliphatic heterocycles. The first-order valence-corrected chi connectivity index (χ1v) is 6.76. The smallest absolute Gasteiger partial charge is 0.0102 e. The Morgan fingerprint density at radius 3 is 2.70 bits per heavy atom. The standard InChI is InChI=1S/C19H15.Zr/c1-13-5-4-8-19-17(13)9-10-18(19)16-11-14-6-2-3-7-15(14)12-16;/h2-12,18H,1H3;/q-1;. The van der Waals surface area contributed by atoms with Crippen molar-refractivity contribution in [3.63, 3.8) is 0 Å². The first kappa shape index (κ1) is 13.6. The van der Waals surface area contributed by atoms with Crippen LogP contribution in [-0.4, -0.2) is 0 Å². The van der Waals surface area contributed by atoms with Crippen LogP contribution in [0.15, 0.2) is 60.7 Å². The molecule has 0 nitrogen and oxygen atoms in total. The van der Waals surface area contributed by atoms with Gasteiger partial charge in [-0.2, -0.15) is 6.07 Å². The third-order valence-corrected chi connectivity index (χ3v) is 4.15. The fourth-order valence-electron chi connectivity index (χ4n) is 3.14. The third-order valence-electron chi connectivity index (χ3n) is 4.15. The van der Waals surface area contributed by atoms with E-state index < -0.39 is 0 Å². The first-order valence-electron chi connectivity index (χ1n) is 6.76. The molecular weight excluding hydrogens is 319 g/mol. The molecule has 0 amide bonds. The van der Waals surface area contributed by atoms with E-state index in [4.69, 9.17) is 0 Å². The van der Waals surface area contributed by atoms with E-state index in [0.29, 0.717) is 5.92 Å². The molecule has 0 saturated heterocycles. The summed E-state index contributed by atoms with van der Waals surface area (Å²) < 4.78 is 0. The molecule has 0 N–H and O–H groups in total. The van der Waals surface area contributed by atoms with E-state index in [9.17, 15) is 0 Å². The van der Waals surface area contributed by atoms with Gasteiger partial charge in [0.25, 0.3) is 0 Å². The van der Waals surface area contributed by atoms with Gasteiger partial charge < -0.3 is 0 Å². The predicted octanol–water partition coefficient (Wildman–Crippen LogP) is 5.02. The molecular formula is C19H15Zr-. The van der Waals surface area contributed by atoms with Crippen molar-refractivity contribution in [2.75, 3.05) is 0 Å². The predicted molar refractivity (Wildman–Crippen MR) is 81.6 cm³/mol. The molecule has 0 bridgehead atoms. The fourth-order valence-corrected chi connectivity index (χ4v) is 3.14. The molecule has 1 atom stereocenters. The molecule has 1 heteroatoms. The number of hydrogen-bond acceptors (Lipinski definition) is 0. The van der Waals surface area contributed by atoms with E-state index in [0.717, 1.165) is 0 Å². The Bertz CT molecular complexity index is 759. The van der Waals surface area contributed by atoms with Gasteiger partial charge in [0.15, 0.2) is 0 Å². The first-order chi connectivity index (χ1) is 9.33. The zero-order valence-corrected chi connectivity index (χ0v) is 13.9. The van der Waals surface area contributed by atoms with Crippen molar-refractivity contribution in [2.24, 2.45) is 0 Å². The second-order valence-corrected chi connectivity index (χ2v) is 5.33. The zero-order valence-electron chi connectivity index (χ0n) is 11.4.